The Kier molecular flexibility index (Phi) is 9.32. The number of amides is 2. The molecule has 0 heterocycles. The van der Waals surface area contributed by atoms with Crippen LogP contribution in [0.25, 0.3) is 0 Å². The van der Waals surface area contributed by atoms with E-state index in [4.69, 9.17) is 0 Å². The molecule has 2 amide bonds. The van der Waals surface area contributed by atoms with Crippen molar-refractivity contribution in [3.05, 3.63) is 59.7 Å². The van der Waals surface area contributed by atoms with Gasteiger partial charge in [0.1, 0.15) is 0 Å². The zero-order valence-corrected chi connectivity index (χ0v) is 18.0. The van der Waals surface area contributed by atoms with Gasteiger partial charge in [0, 0.05) is 35.7 Å². The number of rotatable bonds is 9. The Labute approximate surface area is 187 Å². The van der Waals surface area contributed by atoms with Gasteiger partial charge in [-0.05, 0) is 48.5 Å². The molecule has 0 fully saturated rings. The van der Waals surface area contributed by atoms with Gasteiger partial charge in [-0.1, -0.05) is 21.6 Å². The van der Waals surface area contributed by atoms with Gasteiger partial charge in [0.25, 0.3) is 0 Å². The highest BCUT2D eigenvalue weighted by atomic mass is 33.1. The molecule has 0 aliphatic carbocycles. The van der Waals surface area contributed by atoms with Gasteiger partial charge in [-0.15, -0.1) is 0 Å². The van der Waals surface area contributed by atoms with E-state index in [2.05, 4.69) is 10.6 Å². The SMILES string of the molecule is O=C(CCSSCCC(=O)Nc1ccc(C(F)(F)F)cc1)Nc1ccc(C(F)(F)F)cc1. The Bertz CT molecular complexity index is 825. The van der Waals surface area contributed by atoms with E-state index in [1.165, 1.54) is 45.9 Å². The molecule has 0 aromatic heterocycles. The number of carbonyl (C=O) groups excluding carboxylic acids is 2. The molecule has 0 saturated carbocycles. The molecule has 0 bridgehead atoms. The van der Waals surface area contributed by atoms with E-state index in [1.54, 1.807) is 0 Å². The van der Waals surface area contributed by atoms with Gasteiger partial charge in [-0.2, -0.15) is 26.3 Å². The number of nitrogens with one attached hydrogen (secondary N) is 2. The monoisotopic (exact) mass is 496 g/mol. The Morgan fingerprint density at radius 1 is 0.625 bits per heavy atom. The molecule has 0 unspecified atom stereocenters. The van der Waals surface area contributed by atoms with Gasteiger partial charge in [-0.3, -0.25) is 9.59 Å². The topological polar surface area (TPSA) is 58.2 Å². The van der Waals surface area contributed by atoms with E-state index in [0.29, 0.717) is 11.5 Å². The van der Waals surface area contributed by atoms with E-state index >= 15 is 0 Å². The normalized spacial score (nSPS) is 11.8. The molecule has 0 radical (unpaired) electrons. The molecule has 12 heteroatoms. The maximum Gasteiger partial charge on any atom is 0.416 e. The van der Waals surface area contributed by atoms with E-state index in [0.717, 1.165) is 24.3 Å². The zero-order chi connectivity index (χ0) is 23.8. The van der Waals surface area contributed by atoms with Crippen LogP contribution in [0.5, 0.6) is 0 Å². The molecular weight excluding hydrogens is 478 g/mol. The molecule has 4 nitrogen and oxygen atoms in total. The summed E-state index contributed by atoms with van der Waals surface area (Å²) in [6.07, 6.45) is -8.61. The summed E-state index contributed by atoms with van der Waals surface area (Å²) in [7, 11) is 2.71. The van der Waals surface area contributed by atoms with Gasteiger partial charge in [0.2, 0.25) is 11.8 Å². The summed E-state index contributed by atoms with van der Waals surface area (Å²) in [5, 5.41) is 5.01. The van der Waals surface area contributed by atoms with Crippen LogP contribution in [0.3, 0.4) is 0 Å². The maximum atomic E-state index is 12.5. The highest BCUT2D eigenvalue weighted by Crippen LogP contribution is 2.31. The second kappa shape index (κ2) is 11.5. The van der Waals surface area contributed by atoms with Crippen molar-refractivity contribution in [3.8, 4) is 0 Å². The molecular formula is C20H18F6N2O2S2. The zero-order valence-electron chi connectivity index (χ0n) is 16.3. The summed E-state index contributed by atoms with van der Waals surface area (Å²) in [6.45, 7) is 0. The van der Waals surface area contributed by atoms with E-state index in [9.17, 15) is 35.9 Å². The minimum Gasteiger partial charge on any atom is -0.326 e. The minimum absolute atomic E-state index is 0.135. The van der Waals surface area contributed by atoms with Crippen molar-refractivity contribution < 1.29 is 35.9 Å². The molecule has 0 spiro atoms. The second-order valence-electron chi connectivity index (χ2n) is 6.39. The lowest BCUT2D eigenvalue weighted by atomic mass is 10.2. The number of alkyl halides is 6. The Balaban J connectivity index is 1.59. The number of hydrogen-bond acceptors (Lipinski definition) is 4. The standard InChI is InChI=1S/C20H18F6N2O2S2/c21-19(22,23)13-1-5-15(6-2-13)27-17(29)9-11-31-32-12-10-18(30)28-16-7-3-14(4-8-16)20(24,25)26/h1-8H,9-12H2,(H,27,29)(H,28,30). The number of anilines is 2. The predicted octanol–water partition coefficient (Wildman–Crippen LogP) is 6.46. The van der Waals surface area contributed by atoms with Crippen LogP contribution in [0.4, 0.5) is 37.7 Å². The third-order valence-corrected chi connectivity index (χ3v) is 6.31. The number of benzene rings is 2. The fraction of sp³-hybridized carbons (Fsp3) is 0.300. The first kappa shape index (κ1) is 25.9. The van der Waals surface area contributed by atoms with Crippen LogP contribution in [0, 0.1) is 0 Å². The predicted molar refractivity (Wildman–Crippen MR) is 114 cm³/mol. The Morgan fingerprint density at radius 3 is 1.22 bits per heavy atom. The summed E-state index contributed by atoms with van der Waals surface area (Å²) < 4.78 is 75.0. The van der Waals surface area contributed by atoms with Crippen molar-refractivity contribution in [1.82, 2.24) is 0 Å². The molecule has 0 aliphatic heterocycles. The summed E-state index contributed by atoms with van der Waals surface area (Å²) in [5.41, 5.74) is -1.07. The van der Waals surface area contributed by atoms with Crippen LogP contribution in [-0.4, -0.2) is 23.3 Å². The van der Waals surface area contributed by atoms with Gasteiger partial charge in [0.05, 0.1) is 11.1 Å². The molecule has 2 N–H and O–H groups in total. The molecule has 2 aromatic carbocycles. The van der Waals surface area contributed by atoms with Crippen molar-refractivity contribution >= 4 is 44.8 Å². The first-order valence-corrected chi connectivity index (χ1v) is 11.6. The Hall–Kier alpha value is -2.34. The summed E-state index contributed by atoms with van der Waals surface area (Å²) in [6, 6.07) is 8.25. The minimum atomic E-state index is -4.44. The van der Waals surface area contributed by atoms with Crippen molar-refractivity contribution in [2.24, 2.45) is 0 Å². The largest absolute Gasteiger partial charge is 0.416 e. The van der Waals surface area contributed by atoms with Crippen molar-refractivity contribution in [2.75, 3.05) is 22.1 Å². The average Bonchev–Trinajstić information content (AvgIpc) is 2.70. The van der Waals surface area contributed by atoms with Crippen LogP contribution in [-0.2, 0) is 21.9 Å². The molecule has 2 aromatic rings. The fourth-order valence-electron chi connectivity index (χ4n) is 2.32. The highest BCUT2D eigenvalue weighted by molar-refractivity contribution is 8.76. The van der Waals surface area contributed by atoms with Crippen LogP contribution >= 0.6 is 21.6 Å². The summed E-state index contributed by atoms with van der Waals surface area (Å²) >= 11 is 0. The lowest BCUT2D eigenvalue weighted by Gasteiger charge is -2.09. The smallest absolute Gasteiger partial charge is 0.326 e. The molecule has 0 saturated heterocycles. The molecule has 0 atom stereocenters. The van der Waals surface area contributed by atoms with Gasteiger partial charge < -0.3 is 10.6 Å². The number of carbonyl (C=O) groups is 2. The quantitative estimate of drug-likeness (QED) is 0.238. The molecule has 32 heavy (non-hydrogen) atoms. The maximum absolute atomic E-state index is 12.5. The van der Waals surface area contributed by atoms with Crippen LogP contribution in [0.15, 0.2) is 48.5 Å². The second-order valence-corrected chi connectivity index (χ2v) is 9.09. The van der Waals surface area contributed by atoms with Gasteiger partial charge in [0.15, 0.2) is 0 Å². The van der Waals surface area contributed by atoms with Crippen molar-refractivity contribution in [2.45, 2.75) is 25.2 Å². The molecule has 174 valence electrons. The molecule has 0 aliphatic rings. The van der Waals surface area contributed by atoms with Crippen LogP contribution in [0.1, 0.15) is 24.0 Å². The number of halogens is 6. The third-order valence-electron chi connectivity index (χ3n) is 3.90. The first-order chi connectivity index (χ1) is 14.9. The van der Waals surface area contributed by atoms with Crippen LogP contribution < -0.4 is 10.6 Å². The van der Waals surface area contributed by atoms with E-state index in [-0.39, 0.29) is 36.0 Å². The van der Waals surface area contributed by atoms with Crippen molar-refractivity contribution in [1.29, 1.82) is 0 Å². The van der Waals surface area contributed by atoms with Crippen molar-refractivity contribution in [3.63, 3.8) is 0 Å². The van der Waals surface area contributed by atoms with Gasteiger partial charge in [-0.25, -0.2) is 0 Å². The Morgan fingerprint density at radius 2 is 0.938 bits per heavy atom. The summed E-state index contributed by atoms with van der Waals surface area (Å²) in [5.74, 6) is 0.158. The lowest BCUT2D eigenvalue weighted by molar-refractivity contribution is -0.138. The fourth-order valence-corrected chi connectivity index (χ4v) is 4.30. The first-order valence-electron chi connectivity index (χ1n) is 9.14. The van der Waals surface area contributed by atoms with E-state index < -0.39 is 23.5 Å². The van der Waals surface area contributed by atoms with E-state index in [1.807, 2.05) is 0 Å². The van der Waals surface area contributed by atoms with Crippen LogP contribution in [0.2, 0.25) is 0 Å². The van der Waals surface area contributed by atoms with Gasteiger partial charge >= 0.3 is 12.4 Å². The summed E-state index contributed by atoms with van der Waals surface area (Å²) in [4.78, 5) is 23.7. The highest BCUT2D eigenvalue weighted by Gasteiger charge is 2.30. The number of hydrogen-bond donors (Lipinski definition) is 2. The molecule has 2 rings (SSSR count). The lowest BCUT2D eigenvalue weighted by Crippen LogP contribution is -2.13. The third kappa shape index (κ3) is 9.03. The average molecular weight is 496 g/mol.